The van der Waals surface area contributed by atoms with Gasteiger partial charge in [0.2, 0.25) is 11.8 Å². The molecule has 0 spiro atoms. The van der Waals surface area contributed by atoms with E-state index in [1.54, 1.807) is 24.4 Å². The molecule has 2 aromatic heterocycles. The summed E-state index contributed by atoms with van der Waals surface area (Å²) >= 11 is 0. The number of aliphatic hydroxyl groups is 3. The number of ether oxygens (including phenoxy) is 1. The quantitative estimate of drug-likeness (QED) is 0.0921. The van der Waals surface area contributed by atoms with Crippen LogP contribution in [0.5, 0.6) is 5.75 Å². The minimum Gasteiger partial charge on any atom is -0.489 e. The second-order valence-electron chi connectivity index (χ2n) is 12.2. The van der Waals surface area contributed by atoms with E-state index in [4.69, 9.17) is 14.3 Å². The second-order valence-corrected chi connectivity index (χ2v) is 12.2. The van der Waals surface area contributed by atoms with E-state index >= 15 is 0 Å². The van der Waals surface area contributed by atoms with E-state index in [0.29, 0.717) is 59.8 Å². The first-order valence-corrected chi connectivity index (χ1v) is 16.4. The average Bonchev–Trinajstić information content (AvgIpc) is 3.66. The minimum absolute atomic E-state index is 0.0259. The molecule has 0 bridgehead atoms. The van der Waals surface area contributed by atoms with E-state index in [0.717, 1.165) is 5.57 Å². The molecule has 1 saturated heterocycles. The summed E-state index contributed by atoms with van der Waals surface area (Å²) in [5, 5.41) is 41.0. The van der Waals surface area contributed by atoms with Crippen LogP contribution >= 0.6 is 0 Å². The number of aliphatic carboxylic acids is 1. The Morgan fingerprint density at radius 1 is 1.00 bits per heavy atom. The number of carboxylic acid groups (broad SMARTS) is 1. The van der Waals surface area contributed by atoms with Crippen LogP contribution in [0.4, 0.5) is 0 Å². The molecule has 3 aromatic rings. The number of carbonyl (C=O) groups is 3. The first kappa shape index (κ1) is 34.7. The highest BCUT2D eigenvalue weighted by Gasteiger charge is 2.54. The third-order valence-corrected chi connectivity index (χ3v) is 9.10. The largest absolute Gasteiger partial charge is 0.489 e. The van der Waals surface area contributed by atoms with Crippen LogP contribution in [-0.4, -0.2) is 74.0 Å². The van der Waals surface area contributed by atoms with E-state index < -0.39 is 36.4 Å². The van der Waals surface area contributed by atoms with Crippen molar-refractivity contribution in [2.24, 2.45) is 17.8 Å². The molecule has 1 aromatic carbocycles. The molecule has 1 aliphatic carbocycles. The molecule has 3 heterocycles. The summed E-state index contributed by atoms with van der Waals surface area (Å²) in [6.45, 7) is -0.417. The van der Waals surface area contributed by atoms with E-state index in [1.165, 1.54) is 4.90 Å². The van der Waals surface area contributed by atoms with Crippen LogP contribution < -0.4 is 4.74 Å². The van der Waals surface area contributed by atoms with Crippen LogP contribution in [0, 0.1) is 17.8 Å². The van der Waals surface area contributed by atoms with Gasteiger partial charge in [0.05, 0.1) is 30.2 Å². The first-order chi connectivity index (χ1) is 23.3. The van der Waals surface area contributed by atoms with Crippen LogP contribution in [0.1, 0.15) is 62.2 Å². The Bertz CT molecular complexity index is 1620. The maximum absolute atomic E-state index is 13.7. The summed E-state index contributed by atoms with van der Waals surface area (Å²) in [6.07, 6.45) is 4.75. The van der Waals surface area contributed by atoms with Crippen molar-refractivity contribution in [2.75, 3.05) is 19.8 Å². The minimum atomic E-state index is -1.07. The fraction of sp³-hybridized carbons (Fsp3) is 0.405. The van der Waals surface area contributed by atoms with Crippen molar-refractivity contribution in [3.8, 4) is 5.75 Å². The van der Waals surface area contributed by atoms with Gasteiger partial charge >= 0.3 is 5.97 Å². The number of rotatable bonds is 17. The maximum atomic E-state index is 13.7. The summed E-state index contributed by atoms with van der Waals surface area (Å²) in [5.74, 6) is -2.32. The van der Waals surface area contributed by atoms with Crippen molar-refractivity contribution in [1.82, 2.24) is 9.88 Å². The van der Waals surface area contributed by atoms with Gasteiger partial charge in [0.25, 0.3) is 0 Å². The van der Waals surface area contributed by atoms with Gasteiger partial charge in [0, 0.05) is 25.1 Å². The van der Waals surface area contributed by atoms with Crippen molar-refractivity contribution in [1.29, 1.82) is 0 Å². The molecule has 2 aliphatic rings. The number of likely N-dealkylation sites (tertiary alicyclic amines) is 1. The van der Waals surface area contributed by atoms with Gasteiger partial charge in [0.1, 0.15) is 30.5 Å². The third-order valence-electron chi connectivity index (χ3n) is 9.10. The highest BCUT2D eigenvalue weighted by atomic mass is 16.5. The van der Waals surface area contributed by atoms with Crippen LogP contribution in [0.15, 0.2) is 82.4 Å². The molecule has 4 N–H and O–H groups in total. The topological polar surface area (TPSA) is 171 Å². The van der Waals surface area contributed by atoms with E-state index in [2.05, 4.69) is 4.98 Å². The Balaban J connectivity index is 1.40. The summed E-state index contributed by atoms with van der Waals surface area (Å²) in [6, 6.07) is 18.1. The lowest BCUT2D eigenvalue weighted by Gasteiger charge is -2.36. The zero-order valence-electron chi connectivity index (χ0n) is 26.7. The number of benzene rings is 1. The fourth-order valence-corrected chi connectivity index (χ4v) is 6.79. The van der Waals surface area contributed by atoms with E-state index in [9.17, 15) is 29.7 Å². The maximum Gasteiger partial charge on any atom is 0.303 e. The number of nitrogens with zero attached hydrogens (tertiary/aromatic N) is 2. The standard InChI is InChI=1S/C37H42N2O9/c40-21-28-15-14-27(48-28)19-24(31-11-6-7-17-38-31)13-16-32(42)34-25(23-47-26-9-3-1-4-10-26)20-29-35(30(34)22-41)37(46)39(36(29)45)18-8-2-5-12-33(43)44/h1,3-4,6-7,9-11,14-15,17,19,29-30,32,35,40-42H,2,5,8,12-13,16,18,20-23H2,(H,43,44)/b24-19-/t29-,30+,32-,35-/m1/s1. The SMILES string of the molecule is O=C(O)CCCCCN1C(=O)[C@@H]2[C@@H](CC(COc3ccccc3)=C([C@H](O)CC/C(=C/c3ccc(CO)o3)c3ccccn3)[C@@H]2CO)C1=O. The van der Waals surface area contributed by atoms with Crippen molar-refractivity contribution < 1.29 is 44.0 Å². The van der Waals surface area contributed by atoms with Crippen LogP contribution in [-0.2, 0) is 21.0 Å². The van der Waals surface area contributed by atoms with E-state index in [1.807, 2.05) is 48.5 Å². The highest BCUT2D eigenvalue weighted by molar-refractivity contribution is 6.05. The number of pyridine rings is 1. The third kappa shape index (κ3) is 8.28. The second kappa shape index (κ2) is 16.5. The summed E-state index contributed by atoms with van der Waals surface area (Å²) in [4.78, 5) is 44.0. The predicted octanol–water partition coefficient (Wildman–Crippen LogP) is 4.48. The van der Waals surface area contributed by atoms with Crippen LogP contribution in [0.2, 0.25) is 0 Å². The Hall–Kier alpha value is -4.58. The molecule has 5 rings (SSSR count). The van der Waals surface area contributed by atoms with Crippen molar-refractivity contribution in [3.05, 3.63) is 95.2 Å². The highest BCUT2D eigenvalue weighted by Crippen LogP contribution is 2.46. The monoisotopic (exact) mass is 658 g/mol. The van der Waals surface area contributed by atoms with Crippen LogP contribution in [0.25, 0.3) is 11.6 Å². The number of unbranched alkanes of at least 4 members (excludes halogenated alkanes) is 2. The smallest absolute Gasteiger partial charge is 0.303 e. The zero-order valence-corrected chi connectivity index (χ0v) is 26.7. The zero-order chi connectivity index (χ0) is 34.0. The molecule has 11 nitrogen and oxygen atoms in total. The molecule has 4 atom stereocenters. The number of para-hydroxylation sites is 1. The fourth-order valence-electron chi connectivity index (χ4n) is 6.79. The van der Waals surface area contributed by atoms with Gasteiger partial charge in [-0.2, -0.15) is 0 Å². The normalized spacial score (nSPS) is 20.3. The van der Waals surface area contributed by atoms with Gasteiger partial charge in [-0.25, -0.2) is 0 Å². The summed E-state index contributed by atoms with van der Waals surface area (Å²) < 4.78 is 11.8. The lowest BCUT2D eigenvalue weighted by Crippen LogP contribution is -2.40. The number of hydrogen-bond acceptors (Lipinski definition) is 9. The number of amides is 2. The van der Waals surface area contributed by atoms with Gasteiger partial charge < -0.3 is 29.6 Å². The molecule has 1 fully saturated rings. The number of allylic oxidation sites excluding steroid dienone is 1. The lowest BCUT2D eigenvalue weighted by molar-refractivity contribution is -0.141. The number of hydrogen-bond donors (Lipinski definition) is 4. The summed E-state index contributed by atoms with van der Waals surface area (Å²) in [7, 11) is 0. The van der Waals surface area contributed by atoms with Gasteiger partial charge in [-0.05, 0) is 91.3 Å². The van der Waals surface area contributed by atoms with Crippen molar-refractivity contribution in [2.45, 2.75) is 57.7 Å². The van der Waals surface area contributed by atoms with Gasteiger partial charge in [-0.1, -0.05) is 30.7 Å². The van der Waals surface area contributed by atoms with Gasteiger partial charge in [-0.15, -0.1) is 0 Å². The lowest BCUT2D eigenvalue weighted by atomic mass is 9.68. The number of aromatic nitrogens is 1. The Labute approximate surface area is 279 Å². The Morgan fingerprint density at radius 2 is 1.79 bits per heavy atom. The van der Waals surface area contributed by atoms with Crippen LogP contribution in [0.3, 0.4) is 0 Å². The molecule has 0 unspecified atom stereocenters. The molecular formula is C37H42N2O9. The molecule has 254 valence electrons. The Morgan fingerprint density at radius 3 is 2.48 bits per heavy atom. The first-order valence-electron chi connectivity index (χ1n) is 16.4. The van der Waals surface area contributed by atoms with Crippen molar-refractivity contribution >= 4 is 29.4 Å². The number of carboxylic acids is 1. The predicted molar refractivity (Wildman–Crippen MR) is 176 cm³/mol. The molecule has 48 heavy (non-hydrogen) atoms. The number of imide groups is 1. The van der Waals surface area contributed by atoms with Gasteiger partial charge in [0.15, 0.2) is 0 Å². The molecule has 11 heteroatoms. The molecule has 0 radical (unpaired) electrons. The Kier molecular flexibility index (Phi) is 11.9. The molecular weight excluding hydrogens is 616 g/mol. The number of aliphatic hydroxyl groups excluding tert-OH is 3. The van der Waals surface area contributed by atoms with Gasteiger partial charge in [-0.3, -0.25) is 24.3 Å². The number of furan rings is 1. The number of carbonyl (C=O) groups excluding carboxylic acids is 2. The molecule has 0 saturated carbocycles. The van der Waals surface area contributed by atoms with E-state index in [-0.39, 0.29) is 50.8 Å². The number of fused-ring (bicyclic) bond motifs is 1. The average molecular weight is 659 g/mol. The molecule has 1 aliphatic heterocycles. The molecule has 2 amide bonds. The summed E-state index contributed by atoms with van der Waals surface area (Å²) in [5.41, 5.74) is 2.66. The van der Waals surface area contributed by atoms with Crippen molar-refractivity contribution in [3.63, 3.8) is 0 Å².